The first-order valence-electron chi connectivity index (χ1n) is 6.41. The molecule has 0 saturated carbocycles. The van der Waals surface area contributed by atoms with Gasteiger partial charge < -0.3 is 10.5 Å². The van der Waals surface area contributed by atoms with Gasteiger partial charge in [-0.1, -0.05) is 18.2 Å². The topological polar surface area (TPSA) is 66.0 Å². The van der Waals surface area contributed by atoms with Crippen molar-refractivity contribution in [3.63, 3.8) is 0 Å². The van der Waals surface area contributed by atoms with E-state index in [1.54, 1.807) is 0 Å². The van der Waals surface area contributed by atoms with E-state index in [0.29, 0.717) is 18.2 Å². The Labute approximate surface area is 117 Å². The zero-order valence-corrected chi connectivity index (χ0v) is 11.5. The van der Waals surface area contributed by atoms with Crippen molar-refractivity contribution in [2.45, 2.75) is 13.5 Å². The van der Waals surface area contributed by atoms with Crippen LogP contribution in [-0.4, -0.2) is 14.8 Å². The minimum Gasteiger partial charge on any atom is -0.483 e. The van der Waals surface area contributed by atoms with Crippen LogP contribution in [0.1, 0.15) is 11.4 Å². The van der Waals surface area contributed by atoms with Gasteiger partial charge in [0.1, 0.15) is 12.3 Å². The maximum Gasteiger partial charge on any atom is 0.166 e. The van der Waals surface area contributed by atoms with Crippen molar-refractivity contribution in [3.05, 3.63) is 47.8 Å². The minimum absolute atomic E-state index is 0.371. The third-order valence-corrected chi connectivity index (χ3v) is 3.22. The zero-order valence-electron chi connectivity index (χ0n) is 11.5. The van der Waals surface area contributed by atoms with Crippen molar-refractivity contribution >= 4 is 16.7 Å². The Morgan fingerprint density at radius 2 is 2.00 bits per heavy atom. The quantitative estimate of drug-likeness (QED) is 0.792. The molecule has 5 heteroatoms. The van der Waals surface area contributed by atoms with Gasteiger partial charge in [0.05, 0.1) is 5.52 Å². The molecule has 5 nitrogen and oxygen atoms in total. The molecule has 0 aliphatic heterocycles. The lowest BCUT2D eigenvalue weighted by Gasteiger charge is -2.07. The van der Waals surface area contributed by atoms with Crippen LogP contribution in [0.2, 0.25) is 0 Å². The summed E-state index contributed by atoms with van der Waals surface area (Å²) >= 11 is 0. The van der Waals surface area contributed by atoms with E-state index in [9.17, 15) is 0 Å². The van der Waals surface area contributed by atoms with E-state index in [0.717, 1.165) is 22.3 Å². The van der Waals surface area contributed by atoms with Gasteiger partial charge in [0.25, 0.3) is 0 Å². The van der Waals surface area contributed by atoms with Crippen LogP contribution >= 0.6 is 0 Å². The van der Waals surface area contributed by atoms with Crippen molar-refractivity contribution < 1.29 is 4.74 Å². The second-order valence-corrected chi connectivity index (χ2v) is 4.71. The normalized spacial score (nSPS) is 10.9. The summed E-state index contributed by atoms with van der Waals surface area (Å²) in [5, 5.41) is 5.57. The Morgan fingerprint density at radius 1 is 1.20 bits per heavy atom. The number of nitrogens with two attached hydrogens (primary N) is 1. The fraction of sp³-hybridized carbons (Fsp3) is 0.200. The summed E-state index contributed by atoms with van der Waals surface area (Å²) in [5.74, 6) is 0.996. The molecule has 0 spiro atoms. The lowest BCUT2D eigenvalue weighted by Crippen LogP contribution is -2.02. The lowest BCUT2D eigenvalue weighted by atomic mass is 10.2. The largest absolute Gasteiger partial charge is 0.483 e. The number of benzene rings is 1. The number of anilines is 1. The summed E-state index contributed by atoms with van der Waals surface area (Å²) in [7, 11) is 1.92. The first kappa shape index (κ1) is 12.5. The molecule has 0 amide bonds. The van der Waals surface area contributed by atoms with E-state index < -0.39 is 0 Å². The summed E-state index contributed by atoms with van der Waals surface area (Å²) in [4.78, 5) is 4.18. The van der Waals surface area contributed by atoms with Gasteiger partial charge in [-0.2, -0.15) is 5.10 Å². The standard InChI is InChI=1S/C15H16N4O/c1-10-7-8-14(15(16)17-10)20-9-12-11-5-3-4-6-13(11)19(2)18-12/h3-8H,9H2,1-2H3,(H2,16,17). The van der Waals surface area contributed by atoms with Gasteiger partial charge in [-0.15, -0.1) is 0 Å². The van der Waals surface area contributed by atoms with Crippen LogP contribution in [0.4, 0.5) is 5.82 Å². The SMILES string of the molecule is Cc1ccc(OCc2nn(C)c3ccccc23)c(N)n1. The highest BCUT2D eigenvalue weighted by Crippen LogP contribution is 2.22. The van der Waals surface area contributed by atoms with Crippen LogP contribution in [0, 0.1) is 6.92 Å². The van der Waals surface area contributed by atoms with Gasteiger partial charge in [0.15, 0.2) is 11.6 Å². The van der Waals surface area contributed by atoms with Gasteiger partial charge in [-0.05, 0) is 25.1 Å². The van der Waals surface area contributed by atoms with Gasteiger partial charge in [0, 0.05) is 18.1 Å². The number of pyridine rings is 1. The fourth-order valence-electron chi connectivity index (χ4n) is 2.23. The van der Waals surface area contributed by atoms with Gasteiger partial charge in [0.2, 0.25) is 0 Å². The zero-order chi connectivity index (χ0) is 14.1. The number of hydrogen-bond acceptors (Lipinski definition) is 4. The third kappa shape index (κ3) is 2.18. The number of nitrogen functional groups attached to an aromatic ring is 1. The van der Waals surface area contributed by atoms with E-state index >= 15 is 0 Å². The van der Waals surface area contributed by atoms with Crippen LogP contribution in [0.3, 0.4) is 0 Å². The Kier molecular flexibility index (Phi) is 3.02. The smallest absolute Gasteiger partial charge is 0.166 e. The molecule has 0 fully saturated rings. The van der Waals surface area contributed by atoms with Crippen molar-refractivity contribution in [1.29, 1.82) is 0 Å². The maximum absolute atomic E-state index is 5.84. The molecule has 0 atom stereocenters. The summed E-state index contributed by atoms with van der Waals surface area (Å²) in [6, 6.07) is 11.8. The Balaban J connectivity index is 1.87. The number of ether oxygens (including phenoxy) is 1. The maximum atomic E-state index is 5.84. The van der Waals surface area contributed by atoms with Gasteiger partial charge >= 0.3 is 0 Å². The second kappa shape index (κ2) is 4.85. The van der Waals surface area contributed by atoms with E-state index in [1.807, 2.05) is 55.1 Å². The minimum atomic E-state index is 0.371. The monoisotopic (exact) mass is 268 g/mol. The molecule has 20 heavy (non-hydrogen) atoms. The first-order valence-corrected chi connectivity index (χ1v) is 6.41. The van der Waals surface area contributed by atoms with E-state index in [2.05, 4.69) is 10.1 Å². The van der Waals surface area contributed by atoms with Gasteiger partial charge in [-0.3, -0.25) is 4.68 Å². The first-order chi connectivity index (χ1) is 9.65. The van der Waals surface area contributed by atoms with Crippen molar-refractivity contribution in [2.75, 3.05) is 5.73 Å². The highest BCUT2D eigenvalue weighted by Gasteiger charge is 2.09. The summed E-state index contributed by atoms with van der Waals surface area (Å²) < 4.78 is 7.59. The van der Waals surface area contributed by atoms with Crippen LogP contribution in [0.5, 0.6) is 5.75 Å². The lowest BCUT2D eigenvalue weighted by molar-refractivity contribution is 0.302. The van der Waals surface area contributed by atoms with Crippen molar-refractivity contribution in [2.24, 2.45) is 7.05 Å². The number of nitrogens with zero attached hydrogens (tertiary/aromatic N) is 3. The van der Waals surface area contributed by atoms with Crippen LogP contribution in [-0.2, 0) is 13.7 Å². The average molecular weight is 268 g/mol. The molecule has 0 saturated heterocycles. The van der Waals surface area contributed by atoms with E-state index in [-0.39, 0.29) is 0 Å². The molecule has 0 unspecified atom stereocenters. The average Bonchev–Trinajstić information content (AvgIpc) is 2.75. The molecule has 2 aromatic heterocycles. The molecule has 3 aromatic rings. The van der Waals surface area contributed by atoms with E-state index in [1.165, 1.54) is 0 Å². The molecule has 2 N–H and O–H groups in total. The Hall–Kier alpha value is -2.56. The highest BCUT2D eigenvalue weighted by atomic mass is 16.5. The second-order valence-electron chi connectivity index (χ2n) is 4.71. The number of hydrogen-bond donors (Lipinski definition) is 1. The molecule has 1 aromatic carbocycles. The van der Waals surface area contributed by atoms with Crippen LogP contribution in [0.25, 0.3) is 10.9 Å². The van der Waals surface area contributed by atoms with Crippen molar-refractivity contribution in [1.82, 2.24) is 14.8 Å². The molecular weight excluding hydrogens is 252 g/mol. The summed E-state index contributed by atoms with van der Waals surface area (Å²) in [6.07, 6.45) is 0. The molecule has 0 aliphatic carbocycles. The molecule has 3 rings (SSSR count). The molecule has 0 radical (unpaired) electrons. The molecule has 2 heterocycles. The molecule has 102 valence electrons. The molecule has 0 bridgehead atoms. The summed E-state index contributed by atoms with van der Waals surface area (Å²) in [5.41, 5.74) is 8.69. The third-order valence-electron chi connectivity index (χ3n) is 3.22. The number of aryl methyl sites for hydroxylation is 2. The predicted octanol–water partition coefficient (Wildman–Crippen LogP) is 2.44. The Bertz CT molecular complexity index is 764. The number of aromatic nitrogens is 3. The molecule has 0 aliphatic rings. The van der Waals surface area contributed by atoms with Crippen LogP contribution in [0.15, 0.2) is 36.4 Å². The highest BCUT2D eigenvalue weighted by molar-refractivity contribution is 5.81. The fourth-order valence-corrected chi connectivity index (χ4v) is 2.23. The van der Waals surface area contributed by atoms with E-state index in [4.69, 9.17) is 10.5 Å². The molecular formula is C15H16N4O. The number of fused-ring (bicyclic) bond motifs is 1. The van der Waals surface area contributed by atoms with Crippen molar-refractivity contribution in [3.8, 4) is 5.75 Å². The summed E-state index contributed by atoms with van der Waals surface area (Å²) in [6.45, 7) is 2.27. The number of para-hydroxylation sites is 1. The van der Waals surface area contributed by atoms with Gasteiger partial charge in [-0.25, -0.2) is 4.98 Å². The number of rotatable bonds is 3. The predicted molar refractivity (Wildman–Crippen MR) is 78.4 cm³/mol. The van der Waals surface area contributed by atoms with Crippen LogP contribution < -0.4 is 10.5 Å². The Morgan fingerprint density at radius 3 is 2.80 bits per heavy atom.